The van der Waals surface area contributed by atoms with Gasteiger partial charge in [0.1, 0.15) is 5.75 Å². The number of aromatic carboxylic acids is 1. The second-order valence-corrected chi connectivity index (χ2v) is 8.56. The molecule has 0 radical (unpaired) electrons. The van der Waals surface area contributed by atoms with Crippen molar-refractivity contribution in [2.24, 2.45) is 0 Å². The van der Waals surface area contributed by atoms with E-state index < -0.39 is 17.7 Å². The molecule has 0 aromatic heterocycles. The largest absolute Gasteiger partial charge is 0.545 e. The summed E-state index contributed by atoms with van der Waals surface area (Å²) in [6, 6.07) is 10.6. The Kier molecular flexibility index (Phi) is 4.88. The van der Waals surface area contributed by atoms with E-state index in [0.29, 0.717) is 5.56 Å². The first-order valence-corrected chi connectivity index (χ1v) is 9.24. The standard InChI is InChI=1S/C23H24O5/c1-22(2)11-12-23(3,4)18-13-15(7-10-17(18)22)19(24)21(27)28-16-8-5-14(6-9-16)20(25)26/h5-10,13H,11-12H2,1-4H3,(H,25,26)/p-1. The molecule has 0 bridgehead atoms. The van der Waals surface area contributed by atoms with Crippen molar-refractivity contribution in [1.82, 2.24) is 0 Å². The third-order valence-electron chi connectivity index (χ3n) is 5.60. The summed E-state index contributed by atoms with van der Waals surface area (Å²) in [4.78, 5) is 35.7. The van der Waals surface area contributed by atoms with Crippen molar-refractivity contribution in [3.63, 3.8) is 0 Å². The molecule has 0 N–H and O–H groups in total. The van der Waals surface area contributed by atoms with E-state index in [4.69, 9.17) is 4.74 Å². The summed E-state index contributed by atoms with van der Waals surface area (Å²) in [7, 11) is 0. The lowest BCUT2D eigenvalue weighted by Crippen LogP contribution is -2.34. The van der Waals surface area contributed by atoms with Crippen LogP contribution in [0.15, 0.2) is 42.5 Å². The minimum absolute atomic E-state index is 0.0215. The Labute approximate surface area is 164 Å². The van der Waals surface area contributed by atoms with Crippen molar-refractivity contribution in [3.05, 3.63) is 64.7 Å². The van der Waals surface area contributed by atoms with Gasteiger partial charge in [-0.25, -0.2) is 4.79 Å². The van der Waals surface area contributed by atoms with Crippen LogP contribution in [0.3, 0.4) is 0 Å². The van der Waals surface area contributed by atoms with Gasteiger partial charge >= 0.3 is 5.97 Å². The van der Waals surface area contributed by atoms with Crippen LogP contribution in [0.1, 0.15) is 72.4 Å². The lowest BCUT2D eigenvalue weighted by atomic mass is 9.63. The molecule has 0 fully saturated rings. The summed E-state index contributed by atoms with van der Waals surface area (Å²) in [5.74, 6) is -2.96. The molecule has 2 aromatic carbocycles. The van der Waals surface area contributed by atoms with Crippen LogP contribution in [0.5, 0.6) is 5.75 Å². The first kappa shape index (κ1) is 19.8. The van der Waals surface area contributed by atoms with Crippen LogP contribution in [0, 0.1) is 0 Å². The van der Waals surface area contributed by atoms with E-state index in [1.165, 1.54) is 29.8 Å². The van der Waals surface area contributed by atoms with Crippen LogP contribution >= 0.6 is 0 Å². The van der Waals surface area contributed by atoms with Gasteiger partial charge in [0.05, 0.1) is 5.97 Å². The Morgan fingerprint density at radius 2 is 1.36 bits per heavy atom. The molecule has 5 heteroatoms. The van der Waals surface area contributed by atoms with Crippen molar-refractivity contribution in [3.8, 4) is 5.75 Å². The maximum Gasteiger partial charge on any atom is 0.385 e. The number of carbonyl (C=O) groups excluding carboxylic acids is 3. The normalized spacial score (nSPS) is 16.7. The summed E-state index contributed by atoms with van der Waals surface area (Å²) in [6.45, 7) is 8.67. The van der Waals surface area contributed by atoms with Gasteiger partial charge in [-0.1, -0.05) is 39.8 Å². The predicted molar refractivity (Wildman–Crippen MR) is 102 cm³/mol. The van der Waals surface area contributed by atoms with E-state index >= 15 is 0 Å². The van der Waals surface area contributed by atoms with E-state index in [2.05, 4.69) is 27.7 Å². The number of ether oxygens (including phenoxy) is 1. The van der Waals surface area contributed by atoms with E-state index in [1.807, 2.05) is 6.07 Å². The number of carboxylic acids is 1. The first-order chi connectivity index (χ1) is 13.0. The Hall–Kier alpha value is -2.95. The Balaban J connectivity index is 1.84. The molecule has 146 valence electrons. The molecule has 0 aliphatic heterocycles. The zero-order valence-corrected chi connectivity index (χ0v) is 16.5. The molecular formula is C23H23O5-. The van der Waals surface area contributed by atoms with Crippen LogP contribution in [0.25, 0.3) is 0 Å². The van der Waals surface area contributed by atoms with Crippen molar-refractivity contribution in [2.45, 2.75) is 51.4 Å². The summed E-state index contributed by atoms with van der Waals surface area (Å²) >= 11 is 0. The van der Waals surface area contributed by atoms with Gasteiger partial charge in [0, 0.05) is 5.56 Å². The fraction of sp³-hybridized carbons (Fsp3) is 0.348. The molecule has 1 aliphatic carbocycles. The van der Waals surface area contributed by atoms with Gasteiger partial charge in [-0.2, -0.15) is 0 Å². The zero-order chi connectivity index (χ0) is 20.7. The molecule has 0 amide bonds. The highest BCUT2D eigenvalue weighted by Gasteiger charge is 2.37. The molecule has 1 aliphatic rings. The molecule has 5 nitrogen and oxygen atoms in total. The van der Waals surface area contributed by atoms with E-state index in [1.54, 1.807) is 12.1 Å². The highest BCUT2D eigenvalue weighted by molar-refractivity contribution is 6.41. The number of carboxylic acid groups (broad SMARTS) is 1. The van der Waals surface area contributed by atoms with Gasteiger partial charge in [-0.05, 0) is 70.7 Å². The number of carbonyl (C=O) groups is 3. The average molecular weight is 379 g/mol. The molecule has 3 rings (SSSR count). The van der Waals surface area contributed by atoms with Gasteiger partial charge in [0.2, 0.25) is 0 Å². The number of Topliss-reactive ketones (excluding diaryl/α,β-unsaturated/α-hetero) is 1. The third kappa shape index (κ3) is 3.70. The fourth-order valence-electron chi connectivity index (χ4n) is 3.66. The maximum absolute atomic E-state index is 12.6. The second kappa shape index (κ2) is 6.89. The SMILES string of the molecule is CC1(C)CCC(C)(C)c2cc(C(=O)C(=O)Oc3ccc(C(=O)[O-])cc3)ccc21. The van der Waals surface area contributed by atoms with Crippen molar-refractivity contribution in [2.75, 3.05) is 0 Å². The highest BCUT2D eigenvalue weighted by Crippen LogP contribution is 2.45. The Bertz CT molecular complexity index is 951. The molecule has 0 saturated heterocycles. The van der Waals surface area contributed by atoms with Gasteiger partial charge in [0.25, 0.3) is 5.78 Å². The highest BCUT2D eigenvalue weighted by atomic mass is 16.5. The summed E-state index contributed by atoms with van der Waals surface area (Å²) in [5.41, 5.74) is 2.48. The smallest absolute Gasteiger partial charge is 0.385 e. The number of esters is 1. The van der Waals surface area contributed by atoms with Crippen LogP contribution < -0.4 is 9.84 Å². The van der Waals surface area contributed by atoms with Crippen molar-refractivity contribution >= 4 is 17.7 Å². The number of fused-ring (bicyclic) bond motifs is 1. The molecule has 0 atom stereocenters. The number of hydrogen-bond donors (Lipinski definition) is 0. The van der Waals surface area contributed by atoms with Crippen molar-refractivity contribution in [1.29, 1.82) is 0 Å². The number of benzene rings is 2. The minimum atomic E-state index is -1.33. The molecule has 0 saturated carbocycles. The monoisotopic (exact) mass is 379 g/mol. The zero-order valence-electron chi connectivity index (χ0n) is 16.5. The molecule has 28 heavy (non-hydrogen) atoms. The van der Waals surface area contributed by atoms with Gasteiger partial charge in [-0.3, -0.25) is 4.79 Å². The van der Waals surface area contributed by atoms with E-state index in [-0.39, 0.29) is 22.1 Å². The summed E-state index contributed by atoms with van der Waals surface area (Å²) < 4.78 is 5.10. The Morgan fingerprint density at radius 1 is 0.821 bits per heavy atom. The number of ketones is 1. The fourth-order valence-corrected chi connectivity index (χ4v) is 3.66. The van der Waals surface area contributed by atoms with Crippen LogP contribution in [-0.2, 0) is 15.6 Å². The van der Waals surface area contributed by atoms with Crippen LogP contribution in [-0.4, -0.2) is 17.7 Å². The van der Waals surface area contributed by atoms with Gasteiger partial charge in [0.15, 0.2) is 0 Å². The molecule has 2 aromatic rings. The number of rotatable bonds is 4. The van der Waals surface area contributed by atoms with Crippen molar-refractivity contribution < 1.29 is 24.2 Å². The quantitative estimate of drug-likeness (QED) is 0.353. The molecule has 0 unspecified atom stereocenters. The molecule has 0 spiro atoms. The van der Waals surface area contributed by atoms with Gasteiger partial charge in [-0.15, -0.1) is 0 Å². The lowest BCUT2D eigenvalue weighted by Gasteiger charge is -2.42. The van der Waals surface area contributed by atoms with Crippen LogP contribution in [0.4, 0.5) is 0 Å². The second-order valence-electron chi connectivity index (χ2n) is 8.56. The lowest BCUT2D eigenvalue weighted by molar-refractivity contribution is -0.255. The Morgan fingerprint density at radius 3 is 1.93 bits per heavy atom. The summed E-state index contributed by atoms with van der Waals surface area (Å²) in [6.07, 6.45) is 2.06. The average Bonchev–Trinajstić information content (AvgIpc) is 2.65. The topological polar surface area (TPSA) is 83.5 Å². The van der Waals surface area contributed by atoms with Gasteiger partial charge < -0.3 is 14.6 Å². The van der Waals surface area contributed by atoms with E-state index in [9.17, 15) is 19.5 Å². The molecular weight excluding hydrogens is 356 g/mol. The summed E-state index contributed by atoms with van der Waals surface area (Å²) in [5, 5.41) is 10.8. The number of hydrogen-bond acceptors (Lipinski definition) is 5. The van der Waals surface area contributed by atoms with Crippen LogP contribution in [0.2, 0.25) is 0 Å². The molecule has 0 heterocycles. The maximum atomic E-state index is 12.6. The van der Waals surface area contributed by atoms with E-state index in [0.717, 1.165) is 18.4 Å². The minimum Gasteiger partial charge on any atom is -0.545 e. The third-order valence-corrected chi connectivity index (χ3v) is 5.60. The first-order valence-electron chi connectivity index (χ1n) is 9.24. The predicted octanol–water partition coefficient (Wildman–Crippen LogP) is 3.19.